The molecule has 13 rings (SSSR count). The highest BCUT2D eigenvalue weighted by Gasteiger charge is 2.52. The fourth-order valence-electron chi connectivity index (χ4n) is 11.3. The summed E-state index contributed by atoms with van der Waals surface area (Å²) in [6.07, 6.45) is 7.82. The molecule has 1 unspecified atom stereocenters. The summed E-state index contributed by atoms with van der Waals surface area (Å²) in [5.74, 6) is 0.367. The molecule has 1 spiro atoms. The van der Waals surface area contributed by atoms with Crippen LogP contribution in [0.1, 0.15) is 40.2 Å². The average molecular weight is 803 g/mol. The van der Waals surface area contributed by atoms with E-state index in [0.717, 1.165) is 17.8 Å². The summed E-state index contributed by atoms with van der Waals surface area (Å²) in [5, 5.41) is 0. The zero-order valence-corrected chi connectivity index (χ0v) is 34.7. The van der Waals surface area contributed by atoms with Gasteiger partial charge in [0.1, 0.15) is 0 Å². The molecule has 0 saturated carbocycles. The molecule has 0 radical (unpaired) electrons. The Morgan fingerprint density at radius 3 is 1.63 bits per heavy atom. The van der Waals surface area contributed by atoms with Gasteiger partial charge in [0, 0.05) is 34.2 Å². The number of benzene rings is 9. The third kappa shape index (κ3) is 5.25. The Morgan fingerprint density at radius 1 is 0.444 bits per heavy atom. The number of nitrogens with zero attached hydrogens (tertiary/aromatic N) is 2. The van der Waals surface area contributed by atoms with Crippen molar-refractivity contribution in [2.24, 2.45) is 0 Å². The van der Waals surface area contributed by atoms with Crippen molar-refractivity contribution in [1.29, 1.82) is 0 Å². The molecule has 2 heteroatoms. The van der Waals surface area contributed by atoms with Crippen molar-refractivity contribution >= 4 is 28.4 Å². The molecule has 1 atom stereocenters. The van der Waals surface area contributed by atoms with Gasteiger partial charge in [-0.25, -0.2) is 0 Å². The second kappa shape index (κ2) is 14.1. The zero-order valence-electron chi connectivity index (χ0n) is 34.7. The minimum Gasteiger partial charge on any atom is -0.313 e. The normalized spacial score (nSPS) is 15.5. The fraction of sp³-hybridized carbons (Fsp3) is 0.0492. The van der Waals surface area contributed by atoms with Gasteiger partial charge in [-0.15, -0.1) is 0 Å². The van der Waals surface area contributed by atoms with E-state index in [1.54, 1.807) is 0 Å². The fourth-order valence-corrected chi connectivity index (χ4v) is 11.3. The molecule has 0 fully saturated rings. The Balaban J connectivity index is 0.975. The zero-order chi connectivity index (χ0) is 41.5. The summed E-state index contributed by atoms with van der Waals surface area (Å²) < 4.78 is 0. The molecule has 0 aromatic heterocycles. The quantitative estimate of drug-likeness (QED) is 0.165. The Hall–Kier alpha value is -7.94. The van der Waals surface area contributed by atoms with Crippen molar-refractivity contribution in [2.45, 2.75) is 17.8 Å². The molecular formula is C61H42N2. The number of fused-ring (bicyclic) bond motifs is 13. The van der Waals surface area contributed by atoms with Gasteiger partial charge in [-0.1, -0.05) is 182 Å². The third-order valence-electron chi connectivity index (χ3n) is 14.0. The van der Waals surface area contributed by atoms with Gasteiger partial charge in [0.25, 0.3) is 0 Å². The highest BCUT2D eigenvalue weighted by molar-refractivity contribution is 6.01. The Bertz CT molecular complexity index is 3260. The summed E-state index contributed by atoms with van der Waals surface area (Å²) >= 11 is 0. The molecule has 63 heavy (non-hydrogen) atoms. The van der Waals surface area contributed by atoms with Crippen molar-refractivity contribution in [1.82, 2.24) is 0 Å². The first kappa shape index (κ1) is 35.8. The van der Waals surface area contributed by atoms with Crippen molar-refractivity contribution in [2.75, 3.05) is 9.80 Å². The van der Waals surface area contributed by atoms with Gasteiger partial charge in [0.15, 0.2) is 0 Å². The molecule has 0 bridgehead atoms. The van der Waals surface area contributed by atoms with Crippen LogP contribution in [0.3, 0.4) is 0 Å². The van der Waals surface area contributed by atoms with Crippen LogP contribution >= 0.6 is 0 Å². The summed E-state index contributed by atoms with van der Waals surface area (Å²) in [7, 11) is 0. The van der Waals surface area contributed by atoms with Crippen LogP contribution in [-0.4, -0.2) is 0 Å². The molecule has 0 N–H and O–H groups in total. The SMILES string of the molecule is C1=CCC2C(=C1)N(c1ccccc1)c1cc(-c3ccc(N(c4ccc(-c5ccccc5)cc4)c4cccc5c4-c4ccccc4C54c5ccccc5-c5ccccc54)cc3)ccc12. The molecule has 1 aliphatic heterocycles. The lowest BCUT2D eigenvalue weighted by Gasteiger charge is -2.32. The van der Waals surface area contributed by atoms with Crippen LogP contribution in [0.2, 0.25) is 0 Å². The largest absolute Gasteiger partial charge is 0.313 e. The highest BCUT2D eigenvalue weighted by atomic mass is 15.2. The Morgan fingerprint density at radius 2 is 0.968 bits per heavy atom. The van der Waals surface area contributed by atoms with E-state index in [1.807, 2.05) is 0 Å². The first-order chi connectivity index (χ1) is 31.3. The third-order valence-corrected chi connectivity index (χ3v) is 14.0. The van der Waals surface area contributed by atoms with Crippen LogP contribution in [0.15, 0.2) is 242 Å². The number of hydrogen-bond donors (Lipinski definition) is 0. The van der Waals surface area contributed by atoms with Crippen molar-refractivity contribution in [3.8, 4) is 44.5 Å². The summed E-state index contributed by atoms with van der Waals surface area (Å²) in [6.45, 7) is 0. The van der Waals surface area contributed by atoms with E-state index in [2.05, 4.69) is 246 Å². The van der Waals surface area contributed by atoms with Crippen molar-refractivity contribution in [3.05, 3.63) is 270 Å². The van der Waals surface area contributed by atoms with E-state index in [1.165, 1.54) is 95.1 Å². The predicted octanol–water partition coefficient (Wildman–Crippen LogP) is 15.9. The van der Waals surface area contributed by atoms with Crippen LogP contribution in [0, 0.1) is 0 Å². The van der Waals surface area contributed by atoms with Gasteiger partial charge in [-0.3, -0.25) is 0 Å². The molecule has 0 saturated heterocycles. The van der Waals surface area contributed by atoms with Gasteiger partial charge in [0.05, 0.1) is 16.8 Å². The minimum atomic E-state index is -0.424. The van der Waals surface area contributed by atoms with E-state index in [4.69, 9.17) is 0 Å². The minimum absolute atomic E-state index is 0.367. The first-order valence-electron chi connectivity index (χ1n) is 22.1. The molecule has 2 nitrogen and oxygen atoms in total. The van der Waals surface area contributed by atoms with Gasteiger partial charge < -0.3 is 9.80 Å². The predicted molar refractivity (Wildman–Crippen MR) is 261 cm³/mol. The lowest BCUT2D eigenvalue weighted by molar-refractivity contribution is 0.794. The summed E-state index contributed by atoms with van der Waals surface area (Å²) in [5.41, 5.74) is 23.6. The van der Waals surface area contributed by atoms with E-state index < -0.39 is 5.41 Å². The maximum absolute atomic E-state index is 2.48. The van der Waals surface area contributed by atoms with Gasteiger partial charge in [-0.2, -0.15) is 0 Å². The highest BCUT2D eigenvalue weighted by Crippen LogP contribution is 2.64. The molecule has 1 heterocycles. The molecular weight excluding hydrogens is 761 g/mol. The van der Waals surface area contributed by atoms with Crippen LogP contribution in [0.4, 0.5) is 28.4 Å². The number of hydrogen-bond acceptors (Lipinski definition) is 2. The van der Waals surface area contributed by atoms with Gasteiger partial charge in [0.2, 0.25) is 0 Å². The lowest BCUT2D eigenvalue weighted by Crippen LogP contribution is -2.26. The second-order valence-electron chi connectivity index (χ2n) is 17.1. The molecule has 9 aromatic carbocycles. The Kier molecular flexibility index (Phi) is 7.98. The van der Waals surface area contributed by atoms with E-state index in [-0.39, 0.29) is 0 Å². The average Bonchev–Trinajstić information content (AvgIpc) is 3.97. The van der Waals surface area contributed by atoms with Crippen molar-refractivity contribution in [3.63, 3.8) is 0 Å². The Labute approximate surface area is 369 Å². The number of rotatable bonds is 6. The molecule has 296 valence electrons. The van der Waals surface area contributed by atoms with Gasteiger partial charge in [-0.05, 0) is 128 Å². The molecule has 0 amide bonds. The topological polar surface area (TPSA) is 6.48 Å². The lowest BCUT2D eigenvalue weighted by atomic mass is 9.70. The van der Waals surface area contributed by atoms with Crippen LogP contribution < -0.4 is 9.80 Å². The molecule has 3 aliphatic carbocycles. The number of allylic oxidation sites excluding steroid dienone is 4. The van der Waals surface area contributed by atoms with Crippen molar-refractivity contribution < 1.29 is 0 Å². The standard InChI is InChI=1S/C61H42N2/c1-3-16-41(17-4-1)42-30-35-46(36-31-42)62(47-37-32-43(33-38-47)44-34-39-51-50-22-10-14-28-57(50)63(59(51)40-44)45-18-5-2-6-19-45)58-29-15-27-56-60(58)52-23-9-13-26-55(52)61(56)53-24-11-7-20-48(53)49-21-8-12-25-54(49)61/h1-21,23-40,50H,22H2. The monoisotopic (exact) mass is 802 g/mol. The molecule has 4 aliphatic rings. The van der Waals surface area contributed by atoms with E-state index in [0.29, 0.717) is 5.92 Å². The second-order valence-corrected chi connectivity index (χ2v) is 17.1. The van der Waals surface area contributed by atoms with Crippen LogP contribution in [-0.2, 0) is 5.41 Å². The maximum Gasteiger partial charge on any atom is 0.0726 e. The van der Waals surface area contributed by atoms with E-state index >= 15 is 0 Å². The van der Waals surface area contributed by atoms with Crippen LogP contribution in [0.25, 0.3) is 44.5 Å². The molecule has 9 aromatic rings. The smallest absolute Gasteiger partial charge is 0.0726 e. The maximum atomic E-state index is 2.48. The van der Waals surface area contributed by atoms with E-state index in [9.17, 15) is 0 Å². The number of anilines is 5. The summed E-state index contributed by atoms with van der Waals surface area (Å²) in [6, 6.07) is 81.1. The number of para-hydroxylation sites is 1. The van der Waals surface area contributed by atoms with Gasteiger partial charge >= 0.3 is 0 Å². The summed E-state index contributed by atoms with van der Waals surface area (Å²) in [4.78, 5) is 4.94. The first-order valence-corrected chi connectivity index (χ1v) is 22.1. The van der Waals surface area contributed by atoms with Crippen LogP contribution in [0.5, 0.6) is 0 Å².